The van der Waals surface area contributed by atoms with Gasteiger partial charge in [-0.1, -0.05) is 0 Å². The van der Waals surface area contributed by atoms with E-state index in [0.29, 0.717) is 26.0 Å². The fraction of sp³-hybridized carbons (Fsp3) is 0.769. The van der Waals surface area contributed by atoms with Gasteiger partial charge >= 0.3 is 6.18 Å². The summed E-state index contributed by atoms with van der Waals surface area (Å²) < 4.78 is 44.4. The number of nitrogens with zero attached hydrogens (tertiary/aromatic N) is 2. The molecule has 1 aromatic rings. The maximum atomic E-state index is 12.6. The SMILES string of the molecule is COCCn1cc(NC2CCC(C(F)(F)F)CC2)cn1. The van der Waals surface area contributed by atoms with Crippen molar-refractivity contribution in [1.82, 2.24) is 9.78 Å². The third-order valence-electron chi connectivity index (χ3n) is 3.72. The zero-order valence-corrected chi connectivity index (χ0v) is 11.5. The molecule has 1 N–H and O–H groups in total. The van der Waals surface area contributed by atoms with E-state index >= 15 is 0 Å². The molecule has 7 heteroatoms. The fourth-order valence-electron chi connectivity index (χ4n) is 2.55. The molecule has 1 fully saturated rings. The quantitative estimate of drug-likeness (QED) is 0.906. The van der Waals surface area contributed by atoms with Gasteiger partial charge < -0.3 is 10.1 Å². The maximum Gasteiger partial charge on any atom is 0.391 e. The lowest BCUT2D eigenvalue weighted by molar-refractivity contribution is -0.182. The number of rotatable bonds is 5. The summed E-state index contributed by atoms with van der Waals surface area (Å²) >= 11 is 0. The summed E-state index contributed by atoms with van der Waals surface area (Å²) in [7, 11) is 1.63. The molecule has 1 aliphatic carbocycles. The first-order valence-electron chi connectivity index (χ1n) is 6.83. The molecule has 0 unspecified atom stereocenters. The van der Waals surface area contributed by atoms with Crippen molar-refractivity contribution < 1.29 is 17.9 Å². The van der Waals surface area contributed by atoms with Gasteiger partial charge in [0.15, 0.2) is 0 Å². The first-order valence-corrected chi connectivity index (χ1v) is 6.83. The smallest absolute Gasteiger partial charge is 0.383 e. The van der Waals surface area contributed by atoms with E-state index in [1.165, 1.54) is 0 Å². The highest BCUT2D eigenvalue weighted by atomic mass is 19.4. The highest BCUT2D eigenvalue weighted by Crippen LogP contribution is 2.38. The number of methoxy groups -OCH3 is 1. The lowest BCUT2D eigenvalue weighted by Gasteiger charge is -2.30. The molecule has 0 bridgehead atoms. The highest BCUT2D eigenvalue weighted by molar-refractivity contribution is 5.39. The Balaban J connectivity index is 1.79. The third kappa shape index (κ3) is 4.13. The van der Waals surface area contributed by atoms with E-state index in [1.807, 2.05) is 6.20 Å². The normalized spacial score (nSPS) is 23.8. The van der Waals surface area contributed by atoms with Crippen LogP contribution in [-0.4, -0.2) is 35.7 Å². The van der Waals surface area contributed by atoms with E-state index in [-0.39, 0.29) is 18.9 Å². The van der Waals surface area contributed by atoms with Gasteiger partial charge in [-0.15, -0.1) is 0 Å². The fourth-order valence-corrected chi connectivity index (χ4v) is 2.55. The van der Waals surface area contributed by atoms with Crippen molar-refractivity contribution in [2.24, 2.45) is 5.92 Å². The molecule has 114 valence electrons. The molecule has 0 saturated heterocycles. The van der Waals surface area contributed by atoms with Gasteiger partial charge in [0.1, 0.15) is 0 Å². The van der Waals surface area contributed by atoms with Gasteiger partial charge in [0.05, 0.1) is 31.0 Å². The van der Waals surface area contributed by atoms with Crippen molar-refractivity contribution in [2.75, 3.05) is 19.0 Å². The minimum atomic E-state index is -4.05. The average molecular weight is 291 g/mol. The van der Waals surface area contributed by atoms with Crippen molar-refractivity contribution in [3.8, 4) is 0 Å². The molecule has 0 radical (unpaired) electrons. The zero-order chi connectivity index (χ0) is 14.6. The van der Waals surface area contributed by atoms with E-state index in [0.717, 1.165) is 5.69 Å². The van der Waals surface area contributed by atoms with Crippen LogP contribution in [-0.2, 0) is 11.3 Å². The Bertz CT molecular complexity index is 411. The number of halogens is 3. The predicted molar refractivity (Wildman–Crippen MR) is 69.5 cm³/mol. The minimum absolute atomic E-state index is 0.105. The minimum Gasteiger partial charge on any atom is -0.383 e. The largest absolute Gasteiger partial charge is 0.391 e. The van der Waals surface area contributed by atoms with Gasteiger partial charge in [0, 0.05) is 19.3 Å². The molecule has 1 aromatic heterocycles. The Morgan fingerprint density at radius 3 is 2.65 bits per heavy atom. The molecular formula is C13H20F3N3O. The van der Waals surface area contributed by atoms with Gasteiger partial charge in [0.25, 0.3) is 0 Å². The Kier molecular flexibility index (Phi) is 4.91. The molecule has 0 spiro atoms. The standard InChI is InChI=1S/C13H20F3N3O/c1-20-7-6-19-9-12(8-17-19)18-11-4-2-10(3-5-11)13(14,15)16/h8-11,18H,2-7H2,1H3. The molecule has 0 atom stereocenters. The van der Waals surface area contributed by atoms with E-state index < -0.39 is 12.1 Å². The second-order valence-electron chi connectivity index (χ2n) is 5.22. The van der Waals surface area contributed by atoms with Gasteiger partial charge in [-0.25, -0.2) is 0 Å². The molecule has 20 heavy (non-hydrogen) atoms. The van der Waals surface area contributed by atoms with Crippen LogP contribution in [0.1, 0.15) is 25.7 Å². The van der Waals surface area contributed by atoms with Crippen LogP contribution in [0.5, 0.6) is 0 Å². The van der Waals surface area contributed by atoms with Gasteiger partial charge in [0.2, 0.25) is 0 Å². The van der Waals surface area contributed by atoms with Gasteiger partial charge in [-0.2, -0.15) is 18.3 Å². The highest BCUT2D eigenvalue weighted by Gasteiger charge is 2.41. The summed E-state index contributed by atoms with van der Waals surface area (Å²) in [6.07, 6.45) is 1.02. The van der Waals surface area contributed by atoms with Crippen LogP contribution in [0.2, 0.25) is 0 Å². The van der Waals surface area contributed by atoms with E-state index in [1.54, 1.807) is 18.0 Å². The average Bonchev–Trinajstić information content (AvgIpc) is 2.83. The van der Waals surface area contributed by atoms with Gasteiger partial charge in [-0.3, -0.25) is 4.68 Å². The van der Waals surface area contributed by atoms with Crippen LogP contribution in [0.3, 0.4) is 0 Å². The van der Waals surface area contributed by atoms with E-state index in [9.17, 15) is 13.2 Å². The van der Waals surface area contributed by atoms with Crippen LogP contribution >= 0.6 is 0 Å². The Morgan fingerprint density at radius 1 is 1.35 bits per heavy atom. The summed E-state index contributed by atoms with van der Waals surface area (Å²) in [5.74, 6) is -1.13. The third-order valence-corrected chi connectivity index (χ3v) is 3.72. The molecule has 2 rings (SSSR count). The molecule has 1 heterocycles. The number of aromatic nitrogens is 2. The van der Waals surface area contributed by atoms with Crippen LogP contribution in [0.25, 0.3) is 0 Å². The number of hydrogen-bond donors (Lipinski definition) is 1. The number of alkyl halides is 3. The predicted octanol–water partition coefficient (Wildman–Crippen LogP) is 3.06. The lowest BCUT2D eigenvalue weighted by Crippen LogP contribution is -2.32. The van der Waals surface area contributed by atoms with E-state index in [2.05, 4.69) is 10.4 Å². The molecule has 0 aliphatic heterocycles. The topological polar surface area (TPSA) is 39.1 Å². The number of anilines is 1. The summed E-state index contributed by atoms with van der Waals surface area (Å²) in [4.78, 5) is 0. The number of ether oxygens (including phenoxy) is 1. The molecule has 4 nitrogen and oxygen atoms in total. The van der Waals surface area contributed by atoms with Crippen molar-refractivity contribution in [3.05, 3.63) is 12.4 Å². The van der Waals surface area contributed by atoms with Crippen molar-refractivity contribution >= 4 is 5.69 Å². The lowest BCUT2D eigenvalue weighted by atomic mass is 9.85. The van der Waals surface area contributed by atoms with Crippen LogP contribution < -0.4 is 5.32 Å². The maximum absolute atomic E-state index is 12.6. The van der Waals surface area contributed by atoms with Crippen molar-refractivity contribution in [1.29, 1.82) is 0 Å². The molecule has 1 aliphatic rings. The summed E-state index contributed by atoms with van der Waals surface area (Å²) in [5.41, 5.74) is 0.858. The second kappa shape index (κ2) is 6.47. The van der Waals surface area contributed by atoms with Crippen LogP contribution in [0.4, 0.5) is 18.9 Å². The summed E-state index contributed by atoms with van der Waals surface area (Å²) in [6, 6.07) is 0.105. The summed E-state index contributed by atoms with van der Waals surface area (Å²) in [6.45, 7) is 1.25. The van der Waals surface area contributed by atoms with E-state index in [4.69, 9.17) is 4.74 Å². The zero-order valence-electron chi connectivity index (χ0n) is 11.5. The first-order chi connectivity index (χ1) is 9.49. The van der Waals surface area contributed by atoms with Crippen molar-refractivity contribution in [3.63, 3.8) is 0 Å². The molecule has 0 aromatic carbocycles. The Morgan fingerprint density at radius 2 is 2.05 bits per heavy atom. The monoisotopic (exact) mass is 291 g/mol. The van der Waals surface area contributed by atoms with Crippen LogP contribution in [0, 0.1) is 5.92 Å². The van der Waals surface area contributed by atoms with Crippen molar-refractivity contribution in [2.45, 2.75) is 44.4 Å². The summed E-state index contributed by atoms with van der Waals surface area (Å²) in [5, 5.41) is 7.43. The first kappa shape index (κ1) is 15.2. The van der Waals surface area contributed by atoms with Gasteiger partial charge in [-0.05, 0) is 25.7 Å². The molecule has 1 saturated carbocycles. The number of hydrogen-bond acceptors (Lipinski definition) is 3. The molecule has 0 amide bonds. The number of nitrogens with one attached hydrogen (secondary N) is 1. The van der Waals surface area contributed by atoms with Crippen LogP contribution in [0.15, 0.2) is 12.4 Å². The Labute approximate surface area is 116 Å². The second-order valence-corrected chi connectivity index (χ2v) is 5.22. The molecular weight excluding hydrogens is 271 g/mol. The Hall–Kier alpha value is -1.24.